The Morgan fingerprint density at radius 3 is 2.38 bits per heavy atom. The van der Waals surface area contributed by atoms with Crippen molar-refractivity contribution >= 4 is 39.8 Å². The molecule has 146 valence electrons. The molecule has 0 fully saturated rings. The van der Waals surface area contributed by atoms with Crippen molar-refractivity contribution in [1.82, 2.24) is 0 Å². The first-order valence-electron chi connectivity index (χ1n) is 8.96. The van der Waals surface area contributed by atoms with Crippen LogP contribution in [-0.4, -0.2) is 12.2 Å². The third-order valence-electron chi connectivity index (χ3n) is 4.67. The van der Waals surface area contributed by atoms with Crippen molar-refractivity contribution in [2.24, 2.45) is 0 Å². The summed E-state index contributed by atoms with van der Waals surface area (Å²) in [7, 11) is 0. The molecule has 4 aromatic rings. The second-order valence-electron chi connectivity index (χ2n) is 6.53. The molecule has 0 amide bonds. The molecular weight excluding hydrogens is 404 g/mol. The molecule has 2 aromatic heterocycles. The van der Waals surface area contributed by atoms with E-state index in [1.54, 1.807) is 49.9 Å². The maximum Gasteiger partial charge on any atom is 0.353 e. The molecule has 4 nitrogen and oxygen atoms in total. The van der Waals surface area contributed by atoms with Gasteiger partial charge in [-0.2, -0.15) is 0 Å². The largest absolute Gasteiger partial charge is 0.465 e. The van der Waals surface area contributed by atoms with Crippen LogP contribution in [0, 0.1) is 13.8 Å². The number of rotatable bonds is 4. The Kier molecular flexibility index (Phi) is 5.30. The highest BCUT2D eigenvalue weighted by atomic mass is 32.2. The highest BCUT2D eigenvalue weighted by Gasteiger charge is 2.19. The molecule has 0 aliphatic heterocycles. The minimum Gasteiger partial charge on any atom is -0.465 e. The molecule has 2 aromatic carbocycles. The molecule has 0 N–H and O–H groups in total. The molecule has 0 atom stereocenters. The number of benzene rings is 1. The molecule has 0 aliphatic rings. The number of aryl methyl sites for hydroxylation is 2. The Morgan fingerprint density at radius 2 is 1.72 bits per heavy atom. The van der Waals surface area contributed by atoms with E-state index in [1.807, 2.05) is 35.9 Å². The first-order valence-corrected chi connectivity index (χ1v) is 11.1. The zero-order chi connectivity index (χ0) is 20.5. The van der Waals surface area contributed by atoms with Gasteiger partial charge < -0.3 is 9.15 Å². The van der Waals surface area contributed by atoms with Crippen LogP contribution in [0.2, 0.25) is 0 Å². The normalized spacial score (nSPS) is 11.0. The van der Waals surface area contributed by atoms with Gasteiger partial charge in [0.05, 0.1) is 10.8 Å². The van der Waals surface area contributed by atoms with Crippen molar-refractivity contribution in [2.45, 2.75) is 18.7 Å². The monoisotopic (exact) mass is 422 g/mol. The zero-order valence-electron chi connectivity index (χ0n) is 16.1. The van der Waals surface area contributed by atoms with Crippen LogP contribution in [0.4, 0.5) is 0 Å². The minimum atomic E-state index is -0.457. The topological polar surface area (TPSA) is 56.5 Å². The van der Waals surface area contributed by atoms with E-state index in [1.165, 1.54) is 11.3 Å². The van der Waals surface area contributed by atoms with Gasteiger partial charge in [-0.25, -0.2) is 4.79 Å². The van der Waals surface area contributed by atoms with Crippen molar-refractivity contribution < 1.29 is 13.9 Å². The van der Waals surface area contributed by atoms with E-state index in [-0.39, 0.29) is 5.43 Å². The van der Waals surface area contributed by atoms with Gasteiger partial charge in [-0.1, -0.05) is 18.2 Å². The van der Waals surface area contributed by atoms with E-state index in [4.69, 9.17) is 9.15 Å². The minimum absolute atomic E-state index is 0.170. The number of fused-ring (bicyclic) bond motifs is 1. The summed E-state index contributed by atoms with van der Waals surface area (Å²) in [6.45, 7) is 3.51. The fourth-order valence-electron chi connectivity index (χ4n) is 3.32. The van der Waals surface area contributed by atoms with E-state index in [0.717, 1.165) is 10.5 Å². The third kappa shape index (κ3) is 3.73. The lowest BCUT2D eigenvalue weighted by Crippen LogP contribution is -2.06. The number of thiophene rings is 1. The van der Waals surface area contributed by atoms with Crippen LogP contribution < -0.4 is 10.2 Å². The van der Waals surface area contributed by atoms with Gasteiger partial charge in [0.15, 0.2) is 5.43 Å². The van der Waals surface area contributed by atoms with Gasteiger partial charge in [0.25, 0.3) is 0 Å². The fraction of sp³-hybridized carbons (Fsp3) is 0.130. The fourth-order valence-corrected chi connectivity index (χ4v) is 4.33. The SMILES string of the molecule is CSc1ccc(-c2cc(OC(=O)c3cccs3)c3c(C)oc(C)c3c(=O)c2)cc1. The van der Waals surface area contributed by atoms with Crippen molar-refractivity contribution in [3.05, 3.63) is 80.5 Å². The molecule has 6 heteroatoms. The lowest BCUT2D eigenvalue weighted by Gasteiger charge is -2.05. The predicted molar refractivity (Wildman–Crippen MR) is 118 cm³/mol. The zero-order valence-corrected chi connectivity index (χ0v) is 17.8. The van der Waals surface area contributed by atoms with Crippen LogP contribution in [-0.2, 0) is 0 Å². The van der Waals surface area contributed by atoms with Crippen molar-refractivity contribution in [3.63, 3.8) is 0 Å². The molecule has 0 saturated heterocycles. The molecular formula is C23H18O4S2. The molecule has 29 heavy (non-hydrogen) atoms. The quantitative estimate of drug-likeness (QED) is 0.295. The Morgan fingerprint density at radius 1 is 1.00 bits per heavy atom. The first-order chi connectivity index (χ1) is 14.0. The van der Waals surface area contributed by atoms with Crippen molar-refractivity contribution in [2.75, 3.05) is 6.26 Å². The molecule has 0 aliphatic carbocycles. The number of thioether (sulfide) groups is 1. The number of furan rings is 1. The van der Waals surface area contributed by atoms with E-state index in [0.29, 0.717) is 38.5 Å². The smallest absolute Gasteiger partial charge is 0.353 e. The number of carbonyl (C=O) groups is 1. The number of hydrogen-bond donors (Lipinski definition) is 0. The highest BCUT2D eigenvalue weighted by molar-refractivity contribution is 7.98. The number of carbonyl (C=O) groups excluding carboxylic acids is 1. The van der Waals surface area contributed by atoms with Crippen molar-refractivity contribution in [1.29, 1.82) is 0 Å². The lowest BCUT2D eigenvalue weighted by atomic mass is 10.1. The summed E-state index contributed by atoms with van der Waals surface area (Å²) in [5.74, 6) is 0.917. The third-order valence-corrected chi connectivity index (χ3v) is 6.27. The van der Waals surface area contributed by atoms with Gasteiger partial charge in [-0.15, -0.1) is 23.1 Å². The molecule has 4 rings (SSSR count). The average Bonchev–Trinajstić information content (AvgIpc) is 3.31. The van der Waals surface area contributed by atoms with E-state index in [2.05, 4.69) is 0 Å². The second-order valence-corrected chi connectivity index (χ2v) is 8.36. The summed E-state index contributed by atoms with van der Waals surface area (Å²) in [6, 6.07) is 14.7. The van der Waals surface area contributed by atoms with Crippen LogP contribution in [0.1, 0.15) is 21.2 Å². The molecule has 0 bridgehead atoms. The van der Waals surface area contributed by atoms with Gasteiger partial charge >= 0.3 is 5.97 Å². The second kappa shape index (κ2) is 7.89. The van der Waals surface area contributed by atoms with Gasteiger partial charge in [0.2, 0.25) is 0 Å². The Labute approximate surface area is 176 Å². The van der Waals surface area contributed by atoms with Gasteiger partial charge in [-0.05, 0) is 66.9 Å². The van der Waals surface area contributed by atoms with E-state index < -0.39 is 5.97 Å². The molecule has 0 unspecified atom stereocenters. The number of ether oxygens (including phenoxy) is 1. The van der Waals surface area contributed by atoms with Crippen LogP contribution >= 0.6 is 23.1 Å². The maximum atomic E-state index is 13.0. The summed E-state index contributed by atoms with van der Waals surface area (Å²) in [5, 5.41) is 2.78. The van der Waals surface area contributed by atoms with Crippen LogP contribution in [0.5, 0.6) is 5.75 Å². The standard InChI is InChI=1S/C23H18O4S2/c1-13-21-18(24)11-16(15-6-8-17(28-3)9-7-15)12-19(22(21)14(2)26-13)27-23(25)20-5-4-10-29-20/h4-12H,1-3H3. The van der Waals surface area contributed by atoms with E-state index >= 15 is 0 Å². The average molecular weight is 423 g/mol. The molecule has 0 radical (unpaired) electrons. The summed E-state index contributed by atoms with van der Waals surface area (Å²) in [6.07, 6.45) is 2.01. The van der Waals surface area contributed by atoms with Gasteiger partial charge in [0.1, 0.15) is 22.1 Å². The Hall–Kier alpha value is -2.83. The molecule has 0 spiro atoms. The summed E-state index contributed by atoms with van der Waals surface area (Å²) in [4.78, 5) is 27.3. The van der Waals surface area contributed by atoms with Crippen molar-refractivity contribution in [3.8, 4) is 16.9 Å². The van der Waals surface area contributed by atoms with Gasteiger partial charge in [0, 0.05) is 4.90 Å². The molecule has 0 saturated carbocycles. The Balaban J connectivity index is 1.94. The van der Waals surface area contributed by atoms with Crippen LogP contribution in [0.3, 0.4) is 0 Å². The van der Waals surface area contributed by atoms with Gasteiger partial charge in [-0.3, -0.25) is 4.79 Å². The Bertz CT molecular complexity index is 1250. The summed E-state index contributed by atoms with van der Waals surface area (Å²) >= 11 is 2.96. The number of esters is 1. The lowest BCUT2D eigenvalue weighted by molar-refractivity contribution is 0.0742. The number of hydrogen-bond acceptors (Lipinski definition) is 6. The van der Waals surface area contributed by atoms with Crippen LogP contribution in [0.25, 0.3) is 21.9 Å². The van der Waals surface area contributed by atoms with Crippen LogP contribution in [0.15, 0.2) is 68.0 Å². The highest BCUT2D eigenvalue weighted by Crippen LogP contribution is 2.34. The summed E-state index contributed by atoms with van der Waals surface area (Å²) < 4.78 is 11.4. The van der Waals surface area contributed by atoms with E-state index in [9.17, 15) is 9.59 Å². The summed E-state index contributed by atoms with van der Waals surface area (Å²) in [5.41, 5.74) is 1.39. The predicted octanol–water partition coefficient (Wildman–Crippen LogP) is 6.08. The molecule has 2 heterocycles. The first kappa shape index (κ1) is 19.5. The maximum absolute atomic E-state index is 13.0.